The second-order valence-corrected chi connectivity index (χ2v) is 10.0. The summed E-state index contributed by atoms with van der Waals surface area (Å²) in [6.07, 6.45) is 1.53. The van der Waals surface area contributed by atoms with Gasteiger partial charge in [0.1, 0.15) is 17.9 Å². The van der Waals surface area contributed by atoms with E-state index in [0.717, 1.165) is 38.7 Å². The molecule has 0 aliphatic carbocycles. The normalized spacial score (nSPS) is 14.3. The number of anilines is 1. The molecule has 1 N–H and O–H groups in total. The number of nitriles is 1. The highest BCUT2D eigenvalue weighted by molar-refractivity contribution is 6.39. The summed E-state index contributed by atoms with van der Waals surface area (Å²) in [4.78, 5) is 39.8. The first-order valence-electron chi connectivity index (χ1n) is 13.1. The van der Waals surface area contributed by atoms with Gasteiger partial charge in [0.15, 0.2) is 0 Å². The van der Waals surface area contributed by atoms with E-state index < -0.39 is 17.8 Å². The molecule has 3 aromatic carbocycles. The second-order valence-electron chi connectivity index (χ2n) is 10.0. The predicted octanol–water partition coefficient (Wildman–Crippen LogP) is 5.83. The lowest BCUT2D eigenvalue weighted by atomic mass is 10.1. The van der Waals surface area contributed by atoms with Crippen molar-refractivity contribution >= 4 is 29.6 Å². The summed E-state index contributed by atoms with van der Waals surface area (Å²) >= 11 is 0. The van der Waals surface area contributed by atoms with E-state index in [1.54, 1.807) is 18.2 Å². The van der Waals surface area contributed by atoms with E-state index >= 15 is 0 Å². The summed E-state index contributed by atoms with van der Waals surface area (Å²) < 4.78 is 7.91. The largest absolute Gasteiger partial charge is 0.489 e. The molecule has 8 nitrogen and oxygen atoms in total. The van der Waals surface area contributed by atoms with Crippen LogP contribution in [0.1, 0.15) is 39.2 Å². The zero-order chi connectivity index (χ0) is 29.3. The topological polar surface area (TPSA) is 104 Å². The van der Waals surface area contributed by atoms with Gasteiger partial charge in [-0.15, -0.1) is 0 Å². The summed E-state index contributed by atoms with van der Waals surface area (Å²) in [6, 6.07) is 23.6. The summed E-state index contributed by atoms with van der Waals surface area (Å²) in [7, 11) is 0. The number of hydrogen-bond donors (Lipinski definition) is 1. The lowest BCUT2D eigenvalue weighted by Gasteiger charge is -2.27. The highest BCUT2D eigenvalue weighted by Crippen LogP contribution is 2.28. The quantitative estimate of drug-likeness (QED) is 0.243. The molecule has 1 aliphatic rings. The third kappa shape index (κ3) is 5.38. The van der Waals surface area contributed by atoms with Gasteiger partial charge in [-0.25, -0.2) is 9.69 Å². The lowest BCUT2D eigenvalue weighted by molar-refractivity contribution is -0.122. The number of aryl methyl sites for hydroxylation is 3. The van der Waals surface area contributed by atoms with Crippen molar-refractivity contribution in [2.24, 2.45) is 0 Å². The summed E-state index contributed by atoms with van der Waals surface area (Å²) in [5.74, 6) is -0.746. The van der Waals surface area contributed by atoms with Gasteiger partial charge < -0.3 is 9.30 Å². The van der Waals surface area contributed by atoms with E-state index in [2.05, 4.69) is 11.4 Å². The maximum Gasteiger partial charge on any atom is 0.335 e. The number of imide groups is 2. The summed E-state index contributed by atoms with van der Waals surface area (Å²) in [5.41, 5.74) is 6.76. The molecule has 8 heteroatoms. The van der Waals surface area contributed by atoms with Crippen molar-refractivity contribution in [3.05, 3.63) is 118 Å². The summed E-state index contributed by atoms with van der Waals surface area (Å²) in [6.45, 7) is 7.88. The fraction of sp³-hybridized carbons (Fsp3) is 0.152. The molecular weight excluding hydrogens is 516 g/mol. The molecular formula is C33H28N4O4. The number of hydrogen-bond acceptors (Lipinski definition) is 5. The van der Waals surface area contributed by atoms with Gasteiger partial charge in [0, 0.05) is 22.6 Å². The minimum atomic E-state index is -0.772. The molecule has 0 bridgehead atoms. The maximum absolute atomic E-state index is 13.4. The van der Waals surface area contributed by atoms with Crippen molar-refractivity contribution in [2.75, 3.05) is 4.90 Å². The Labute approximate surface area is 238 Å². The minimum Gasteiger partial charge on any atom is -0.489 e. The van der Waals surface area contributed by atoms with Crippen molar-refractivity contribution in [3.8, 4) is 17.5 Å². The molecule has 1 fully saturated rings. The number of aromatic nitrogens is 1. The Morgan fingerprint density at radius 3 is 2.24 bits per heavy atom. The Hall–Kier alpha value is -5.42. The molecule has 1 aliphatic heterocycles. The number of benzene rings is 3. The molecule has 0 unspecified atom stereocenters. The Kier molecular flexibility index (Phi) is 7.28. The Bertz CT molecular complexity index is 1750. The van der Waals surface area contributed by atoms with Gasteiger partial charge >= 0.3 is 6.03 Å². The van der Waals surface area contributed by atoms with Crippen molar-refractivity contribution in [1.29, 1.82) is 5.26 Å². The van der Waals surface area contributed by atoms with E-state index in [4.69, 9.17) is 4.74 Å². The molecule has 1 saturated heterocycles. The smallest absolute Gasteiger partial charge is 0.335 e. The van der Waals surface area contributed by atoms with Crippen LogP contribution in [0, 0.1) is 39.0 Å². The second kappa shape index (κ2) is 11.0. The average molecular weight is 545 g/mol. The lowest BCUT2D eigenvalue weighted by Crippen LogP contribution is -2.54. The number of rotatable bonds is 6. The fourth-order valence-electron chi connectivity index (χ4n) is 5.07. The molecule has 204 valence electrons. The molecule has 5 rings (SSSR count). The van der Waals surface area contributed by atoms with E-state index in [-0.39, 0.29) is 12.2 Å². The van der Waals surface area contributed by atoms with Crippen molar-refractivity contribution in [3.63, 3.8) is 0 Å². The molecule has 4 amide bonds. The van der Waals surface area contributed by atoms with Crippen LogP contribution in [0.2, 0.25) is 0 Å². The Morgan fingerprint density at radius 1 is 0.878 bits per heavy atom. The first kappa shape index (κ1) is 27.2. The van der Waals surface area contributed by atoms with Crippen LogP contribution in [0.4, 0.5) is 10.5 Å². The van der Waals surface area contributed by atoms with Gasteiger partial charge in [-0.3, -0.25) is 14.9 Å². The Balaban J connectivity index is 1.41. The van der Waals surface area contributed by atoms with Crippen LogP contribution in [0.25, 0.3) is 11.8 Å². The molecule has 0 radical (unpaired) electrons. The van der Waals surface area contributed by atoms with Gasteiger partial charge in [0.25, 0.3) is 11.8 Å². The van der Waals surface area contributed by atoms with Crippen LogP contribution in [0.3, 0.4) is 0 Å². The van der Waals surface area contributed by atoms with Crippen molar-refractivity contribution in [1.82, 2.24) is 9.88 Å². The van der Waals surface area contributed by atoms with Crippen LogP contribution in [0.15, 0.2) is 78.4 Å². The number of barbiturate groups is 1. The molecule has 2 heterocycles. The molecule has 41 heavy (non-hydrogen) atoms. The summed E-state index contributed by atoms with van der Waals surface area (Å²) in [5, 5.41) is 11.6. The van der Waals surface area contributed by atoms with Gasteiger partial charge in [-0.1, -0.05) is 24.3 Å². The fourth-order valence-corrected chi connectivity index (χ4v) is 5.07. The number of nitrogens with zero attached hydrogens (tertiary/aromatic N) is 3. The first-order valence-corrected chi connectivity index (χ1v) is 13.1. The van der Waals surface area contributed by atoms with E-state index in [1.165, 1.54) is 6.08 Å². The Morgan fingerprint density at radius 2 is 1.56 bits per heavy atom. The first-order chi connectivity index (χ1) is 19.7. The van der Waals surface area contributed by atoms with E-state index in [1.807, 2.05) is 86.9 Å². The van der Waals surface area contributed by atoms with Crippen molar-refractivity contribution in [2.45, 2.75) is 34.3 Å². The molecule has 1 aromatic heterocycles. The van der Waals surface area contributed by atoms with E-state index in [0.29, 0.717) is 22.6 Å². The average Bonchev–Trinajstić information content (AvgIpc) is 3.21. The molecule has 0 spiro atoms. The van der Waals surface area contributed by atoms with Crippen LogP contribution < -0.4 is 15.0 Å². The van der Waals surface area contributed by atoms with Crippen LogP contribution in [-0.2, 0) is 16.2 Å². The zero-order valence-corrected chi connectivity index (χ0v) is 23.2. The van der Waals surface area contributed by atoms with Crippen LogP contribution in [-0.4, -0.2) is 22.4 Å². The SMILES string of the molecule is Cc1cc(C)cc(N2C(=O)NC(=O)/C(=C\c3cc(C)n(-c4ccc(OCc5ccccc5C#N)cc4)c3C)C2=O)c1. The highest BCUT2D eigenvalue weighted by Gasteiger charge is 2.37. The number of carbonyl (C=O) groups excluding carboxylic acids is 3. The standard InChI is InChI=1S/C33H28N4O4/c1-20-13-21(2)15-28(14-20)37-32(39)30(31(38)35-33(37)40)17-26-16-22(3)36(23(26)4)27-9-11-29(12-10-27)41-19-25-8-6-5-7-24(25)18-34/h5-17H,19H2,1-4H3,(H,35,38,40)/b30-17+. The zero-order valence-electron chi connectivity index (χ0n) is 23.2. The van der Waals surface area contributed by atoms with E-state index in [9.17, 15) is 19.6 Å². The van der Waals surface area contributed by atoms with Gasteiger partial charge in [0.2, 0.25) is 0 Å². The predicted molar refractivity (Wildman–Crippen MR) is 156 cm³/mol. The van der Waals surface area contributed by atoms with Crippen molar-refractivity contribution < 1.29 is 19.1 Å². The number of ether oxygens (including phenoxy) is 1. The third-order valence-electron chi connectivity index (χ3n) is 6.96. The maximum atomic E-state index is 13.4. The highest BCUT2D eigenvalue weighted by atomic mass is 16.5. The van der Waals surface area contributed by atoms with Gasteiger partial charge in [-0.2, -0.15) is 5.26 Å². The number of carbonyl (C=O) groups is 3. The van der Waals surface area contributed by atoms with Crippen LogP contribution in [0.5, 0.6) is 5.75 Å². The number of urea groups is 1. The van der Waals surface area contributed by atoms with Gasteiger partial charge in [0.05, 0.1) is 17.3 Å². The van der Waals surface area contributed by atoms with Crippen LogP contribution >= 0.6 is 0 Å². The number of nitrogens with one attached hydrogen (secondary N) is 1. The monoisotopic (exact) mass is 544 g/mol. The minimum absolute atomic E-state index is 0.120. The van der Waals surface area contributed by atoms with Gasteiger partial charge in [-0.05, 0) is 99.0 Å². The molecule has 4 aromatic rings. The molecule has 0 saturated carbocycles. The molecule has 0 atom stereocenters. The number of amides is 4. The third-order valence-corrected chi connectivity index (χ3v) is 6.96.